The molecule has 0 atom stereocenters. The third-order valence-electron chi connectivity index (χ3n) is 3.86. The van der Waals surface area contributed by atoms with Gasteiger partial charge in [0.25, 0.3) is 0 Å². The van der Waals surface area contributed by atoms with Crippen molar-refractivity contribution in [3.63, 3.8) is 0 Å². The van der Waals surface area contributed by atoms with Crippen molar-refractivity contribution in [1.82, 2.24) is 9.55 Å². The Hall–Kier alpha value is -2.81. The smallest absolute Gasteiger partial charge is 0.177 e. The number of furan rings is 1. The molecule has 4 aromatic rings. The van der Waals surface area contributed by atoms with E-state index in [0.717, 1.165) is 29.2 Å². The quantitative estimate of drug-likeness (QED) is 0.549. The van der Waals surface area contributed by atoms with Crippen molar-refractivity contribution in [2.75, 3.05) is 0 Å². The molecular weight excluding hydrogens is 272 g/mol. The van der Waals surface area contributed by atoms with Crippen LogP contribution in [0.5, 0.6) is 0 Å². The summed E-state index contributed by atoms with van der Waals surface area (Å²) in [5.74, 6) is 1.66. The van der Waals surface area contributed by atoms with E-state index in [9.17, 15) is 0 Å². The summed E-state index contributed by atoms with van der Waals surface area (Å²) < 4.78 is 7.77. The monoisotopic (exact) mass is 288 g/mol. The highest BCUT2D eigenvalue weighted by atomic mass is 16.3. The van der Waals surface area contributed by atoms with Crippen LogP contribution in [0, 0.1) is 6.92 Å². The van der Waals surface area contributed by atoms with Crippen LogP contribution in [0.15, 0.2) is 71.3 Å². The molecule has 0 aliphatic rings. The van der Waals surface area contributed by atoms with Gasteiger partial charge in [-0.2, -0.15) is 0 Å². The van der Waals surface area contributed by atoms with Crippen LogP contribution in [0.1, 0.15) is 11.1 Å². The number of fused-ring (bicyclic) bond motifs is 1. The highest BCUT2D eigenvalue weighted by molar-refractivity contribution is 5.79. The molecule has 3 nitrogen and oxygen atoms in total. The molecule has 3 heteroatoms. The SMILES string of the molecule is Cc1ccc(Cn2c(-c3ccco3)nc3ccccc32)cc1. The van der Waals surface area contributed by atoms with Crippen LogP contribution in [0.2, 0.25) is 0 Å². The number of nitrogens with zero attached hydrogens (tertiary/aromatic N) is 2. The number of imidazole rings is 1. The minimum atomic E-state index is 0.775. The van der Waals surface area contributed by atoms with Crippen LogP contribution < -0.4 is 0 Å². The van der Waals surface area contributed by atoms with Gasteiger partial charge in [-0.15, -0.1) is 0 Å². The van der Waals surface area contributed by atoms with E-state index in [0.29, 0.717) is 0 Å². The number of rotatable bonds is 3. The summed E-state index contributed by atoms with van der Waals surface area (Å²) in [6.07, 6.45) is 1.69. The Morgan fingerprint density at radius 3 is 2.55 bits per heavy atom. The van der Waals surface area contributed by atoms with E-state index < -0.39 is 0 Å². The maximum Gasteiger partial charge on any atom is 0.177 e. The Balaban J connectivity index is 1.87. The molecule has 2 aromatic carbocycles. The van der Waals surface area contributed by atoms with E-state index >= 15 is 0 Å². The first-order chi connectivity index (χ1) is 10.8. The first-order valence-electron chi connectivity index (χ1n) is 7.36. The fraction of sp³-hybridized carbons (Fsp3) is 0.105. The Labute approximate surface area is 128 Å². The lowest BCUT2D eigenvalue weighted by Gasteiger charge is -2.08. The van der Waals surface area contributed by atoms with E-state index in [-0.39, 0.29) is 0 Å². The molecule has 0 spiro atoms. The van der Waals surface area contributed by atoms with E-state index in [4.69, 9.17) is 9.40 Å². The molecule has 0 unspecified atom stereocenters. The van der Waals surface area contributed by atoms with Crippen LogP contribution in [-0.2, 0) is 6.54 Å². The lowest BCUT2D eigenvalue weighted by Crippen LogP contribution is -2.01. The highest BCUT2D eigenvalue weighted by Crippen LogP contribution is 2.26. The topological polar surface area (TPSA) is 31.0 Å². The summed E-state index contributed by atoms with van der Waals surface area (Å²) in [5.41, 5.74) is 4.63. The highest BCUT2D eigenvalue weighted by Gasteiger charge is 2.14. The third kappa shape index (κ3) is 2.21. The van der Waals surface area contributed by atoms with Gasteiger partial charge in [0, 0.05) is 6.54 Å². The Morgan fingerprint density at radius 1 is 0.955 bits per heavy atom. The normalized spacial score (nSPS) is 11.1. The summed E-state index contributed by atoms with van der Waals surface area (Å²) in [7, 11) is 0. The summed E-state index contributed by atoms with van der Waals surface area (Å²) in [6.45, 7) is 2.88. The minimum Gasteiger partial charge on any atom is -0.461 e. The van der Waals surface area contributed by atoms with Gasteiger partial charge < -0.3 is 8.98 Å². The van der Waals surface area contributed by atoms with Crippen LogP contribution in [-0.4, -0.2) is 9.55 Å². The first kappa shape index (κ1) is 12.9. The molecule has 2 aromatic heterocycles. The average molecular weight is 288 g/mol. The predicted octanol–water partition coefficient (Wildman–Crippen LogP) is 4.65. The second-order valence-electron chi connectivity index (χ2n) is 5.47. The van der Waals surface area contributed by atoms with Gasteiger partial charge in [-0.1, -0.05) is 42.0 Å². The van der Waals surface area contributed by atoms with Crippen molar-refractivity contribution < 1.29 is 4.42 Å². The molecule has 108 valence electrons. The number of hydrogen-bond donors (Lipinski definition) is 0. The molecule has 0 fully saturated rings. The fourth-order valence-electron chi connectivity index (χ4n) is 2.71. The molecule has 0 radical (unpaired) electrons. The second-order valence-corrected chi connectivity index (χ2v) is 5.47. The van der Waals surface area contributed by atoms with Crippen LogP contribution in [0.25, 0.3) is 22.6 Å². The molecule has 0 N–H and O–H groups in total. The zero-order valence-corrected chi connectivity index (χ0v) is 12.4. The van der Waals surface area contributed by atoms with Gasteiger partial charge in [0.15, 0.2) is 11.6 Å². The summed E-state index contributed by atoms with van der Waals surface area (Å²) in [6, 6.07) is 20.6. The van der Waals surface area contributed by atoms with Gasteiger partial charge in [0.1, 0.15) is 0 Å². The molecule has 22 heavy (non-hydrogen) atoms. The van der Waals surface area contributed by atoms with Crippen LogP contribution in [0.3, 0.4) is 0 Å². The summed E-state index contributed by atoms with van der Waals surface area (Å²) in [4.78, 5) is 4.74. The molecule has 0 saturated heterocycles. The van der Waals surface area contributed by atoms with Crippen molar-refractivity contribution >= 4 is 11.0 Å². The standard InChI is InChI=1S/C19H16N2O/c1-14-8-10-15(11-9-14)13-21-17-6-3-2-5-16(17)20-19(21)18-7-4-12-22-18/h2-12H,13H2,1H3. The molecule has 0 aliphatic heterocycles. The van der Waals surface area contributed by atoms with Gasteiger partial charge >= 0.3 is 0 Å². The van der Waals surface area contributed by atoms with Crippen molar-refractivity contribution in [2.24, 2.45) is 0 Å². The van der Waals surface area contributed by atoms with E-state index in [1.807, 2.05) is 30.3 Å². The van der Waals surface area contributed by atoms with Gasteiger partial charge in [0.05, 0.1) is 17.3 Å². The van der Waals surface area contributed by atoms with Crippen LogP contribution >= 0.6 is 0 Å². The van der Waals surface area contributed by atoms with Crippen molar-refractivity contribution in [1.29, 1.82) is 0 Å². The molecule has 0 amide bonds. The zero-order chi connectivity index (χ0) is 14.9. The zero-order valence-electron chi connectivity index (χ0n) is 12.4. The average Bonchev–Trinajstić information content (AvgIpc) is 3.18. The number of benzene rings is 2. The molecule has 0 saturated carbocycles. The Kier molecular flexibility index (Phi) is 3.04. The van der Waals surface area contributed by atoms with Gasteiger partial charge in [0.2, 0.25) is 0 Å². The molecular formula is C19H16N2O. The molecule has 0 aliphatic carbocycles. The lowest BCUT2D eigenvalue weighted by molar-refractivity contribution is 0.572. The maximum absolute atomic E-state index is 5.56. The molecule has 0 bridgehead atoms. The maximum atomic E-state index is 5.56. The predicted molar refractivity (Wildman–Crippen MR) is 87.7 cm³/mol. The van der Waals surface area contributed by atoms with Crippen molar-refractivity contribution in [3.05, 3.63) is 78.1 Å². The van der Waals surface area contributed by atoms with Gasteiger partial charge in [-0.25, -0.2) is 4.98 Å². The van der Waals surface area contributed by atoms with E-state index in [1.165, 1.54) is 11.1 Å². The van der Waals surface area contributed by atoms with Crippen LogP contribution in [0.4, 0.5) is 0 Å². The summed E-state index contributed by atoms with van der Waals surface area (Å²) >= 11 is 0. The Morgan fingerprint density at radius 2 is 1.77 bits per heavy atom. The van der Waals surface area contributed by atoms with Crippen molar-refractivity contribution in [2.45, 2.75) is 13.5 Å². The largest absolute Gasteiger partial charge is 0.461 e. The number of aromatic nitrogens is 2. The minimum absolute atomic E-state index is 0.775. The number of aryl methyl sites for hydroxylation is 1. The van der Waals surface area contributed by atoms with Gasteiger partial charge in [-0.05, 0) is 36.8 Å². The molecule has 2 heterocycles. The van der Waals surface area contributed by atoms with E-state index in [2.05, 4.69) is 41.8 Å². The lowest BCUT2D eigenvalue weighted by atomic mass is 10.1. The van der Waals surface area contributed by atoms with Crippen molar-refractivity contribution in [3.8, 4) is 11.6 Å². The Bertz CT molecular complexity index is 902. The molecule has 4 rings (SSSR count). The number of para-hydroxylation sites is 2. The fourth-order valence-corrected chi connectivity index (χ4v) is 2.71. The first-order valence-corrected chi connectivity index (χ1v) is 7.36. The van der Waals surface area contributed by atoms with Gasteiger partial charge in [-0.3, -0.25) is 0 Å². The number of hydrogen-bond acceptors (Lipinski definition) is 2. The third-order valence-corrected chi connectivity index (χ3v) is 3.86. The summed E-state index contributed by atoms with van der Waals surface area (Å²) in [5, 5.41) is 0. The second kappa shape index (κ2) is 5.19. The van der Waals surface area contributed by atoms with E-state index in [1.54, 1.807) is 6.26 Å².